The fraction of sp³-hybridized carbons (Fsp3) is 0.400. The minimum Gasteiger partial charge on any atom is -0.480 e. The molecule has 2 rings (SSSR count). The van der Waals surface area contributed by atoms with Gasteiger partial charge in [0.2, 0.25) is 5.91 Å². The summed E-state index contributed by atoms with van der Waals surface area (Å²) in [6.07, 6.45) is 0.284. The monoisotopic (exact) mass is 356 g/mol. The van der Waals surface area contributed by atoms with Crippen LogP contribution in [0.1, 0.15) is 23.7 Å². The summed E-state index contributed by atoms with van der Waals surface area (Å²) in [6, 6.07) is 4.83. The number of thioether (sulfide) groups is 1. The molecule has 0 aliphatic carbocycles. The van der Waals surface area contributed by atoms with E-state index in [1.807, 2.05) is 0 Å². The second-order valence-corrected chi connectivity index (χ2v) is 6.54. The van der Waals surface area contributed by atoms with Gasteiger partial charge < -0.3 is 15.3 Å². The van der Waals surface area contributed by atoms with Crippen molar-refractivity contribution >= 4 is 41.1 Å². The van der Waals surface area contributed by atoms with E-state index in [2.05, 4.69) is 5.32 Å². The van der Waals surface area contributed by atoms with Crippen LogP contribution in [0.2, 0.25) is 5.02 Å². The van der Waals surface area contributed by atoms with Gasteiger partial charge in [0.15, 0.2) is 0 Å². The van der Waals surface area contributed by atoms with E-state index in [4.69, 9.17) is 16.7 Å². The van der Waals surface area contributed by atoms with Crippen molar-refractivity contribution in [2.45, 2.75) is 25.4 Å². The van der Waals surface area contributed by atoms with Crippen LogP contribution in [0.25, 0.3) is 0 Å². The zero-order valence-corrected chi connectivity index (χ0v) is 14.1. The number of nitrogens with zero attached hydrogens (tertiary/aromatic N) is 1. The highest BCUT2D eigenvalue weighted by Gasteiger charge is 2.36. The van der Waals surface area contributed by atoms with E-state index in [0.29, 0.717) is 22.2 Å². The summed E-state index contributed by atoms with van der Waals surface area (Å²) in [5.74, 6) is -0.950. The van der Waals surface area contributed by atoms with Crippen LogP contribution in [0.4, 0.5) is 0 Å². The maximum absolute atomic E-state index is 12.5. The number of carbonyl (C=O) groups is 3. The van der Waals surface area contributed by atoms with Crippen LogP contribution < -0.4 is 5.32 Å². The number of aliphatic carboxylic acids is 1. The molecular formula is C15H17ClN2O4S. The van der Waals surface area contributed by atoms with Gasteiger partial charge in [-0.05, 0) is 30.7 Å². The predicted octanol–water partition coefficient (Wildman–Crippen LogP) is 1.83. The Kier molecular flexibility index (Phi) is 5.90. The number of carboxylic acid groups (broad SMARTS) is 1. The van der Waals surface area contributed by atoms with Crippen molar-refractivity contribution < 1.29 is 19.5 Å². The molecule has 1 aromatic carbocycles. The molecule has 23 heavy (non-hydrogen) atoms. The van der Waals surface area contributed by atoms with Gasteiger partial charge in [0.25, 0.3) is 5.91 Å². The van der Waals surface area contributed by atoms with Crippen LogP contribution in [0, 0.1) is 0 Å². The van der Waals surface area contributed by atoms with Crippen molar-refractivity contribution in [2.24, 2.45) is 0 Å². The molecule has 0 spiro atoms. The second kappa shape index (κ2) is 7.70. The van der Waals surface area contributed by atoms with Crippen LogP contribution in [0.5, 0.6) is 0 Å². The number of carbonyl (C=O) groups excluding carboxylic acids is 2. The number of halogens is 1. The van der Waals surface area contributed by atoms with Crippen molar-refractivity contribution in [3.63, 3.8) is 0 Å². The Balaban J connectivity index is 2.10. The minimum atomic E-state index is -1.08. The molecule has 1 heterocycles. The highest BCUT2D eigenvalue weighted by Crippen LogP contribution is 2.24. The Labute approximate surface area is 143 Å². The summed E-state index contributed by atoms with van der Waals surface area (Å²) in [6.45, 7) is 1.68. The van der Waals surface area contributed by atoms with E-state index in [-0.39, 0.29) is 12.3 Å². The Bertz CT molecular complexity index is 608. The smallest absolute Gasteiger partial charge is 0.326 e. The maximum Gasteiger partial charge on any atom is 0.326 e. The number of carboxylic acids is 1. The lowest BCUT2D eigenvalue weighted by molar-refractivity contribution is -0.142. The number of rotatable bonds is 5. The fourth-order valence-electron chi connectivity index (χ4n) is 2.22. The summed E-state index contributed by atoms with van der Waals surface area (Å²) in [5.41, 5.74) is 0.444. The average molecular weight is 357 g/mol. The molecule has 2 amide bonds. The van der Waals surface area contributed by atoms with Crippen LogP contribution in [0.15, 0.2) is 24.3 Å². The van der Waals surface area contributed by atoms with Gasteiger partial charge >= 0.3 is 5.97 Å². The predicted molar refractivity (Wildman–Crippen MR) is 88.6 cm³/mol. The summed E-state index contributed by atoms with van der Waals surface area (Å²) in [7, 11) is 0. The Morgan fingerprint density at radius 3 is 2.61 bits per heavy atom. The summed E-state index contributed by atoms with van der Waals surface area (Å²) in [4.78, 5) is 37.3. The average Bonchev–Trinajstić information content (AvgIpc) is 3.01. The van der Waals surface area contributed by atoms with E-state index in [9.17, 15) is 14.4 Å². The number of hydrogen-bond acceptors (Lipinski definition) is 4. The van der Waals surface area contributed by atoms with E-state index < -0.39 is 24.0 Å². The molecule has 1 aliphatic heterocycles. The summed E-state index contributed by atoms with van der Waals surface area (Å²) < 4.78 is 0. The Hall–Kier alpha value is -1.73. The molecule has 124 valence electrons. The zero-order chi connectivity index (χ0) is 17.0. The van der Waals surface area contributed by atoms with Gasteiger partial charge in [0.05, 0.1) is 5.88 Å². The van der Waals surface area contributed by atoms with Gasteiger partial charge in [0.1, 0.15) is 12.1 Å². The third kappa shape index (κ3) is 4.17. The highest BCUT2D eigenvalue weighted by molar-refractivity contribution is 7.99. The Morgan fingerprint density at radius 1 is 1.39 bits per heavy atom. The molecule has 2 unspecified atom stereocenters. The minimum absolute atomic E-state index is 0.268. The fourth-order valence-corrected chi connectivity index (χ4v) is 3.50. The third-order valence-corrected chi connectivity index (χ3v) is 4.82. The lowest BCUT2D eigenvalue weighted by Crippen LogP contribution is -2.51. The van der Waals surface area contributed by atoms with Gasteiger partial charge in [-0.3, -0.25) is 9.59 Å². The molecule has 1 saturated heterocycles. The van der Waals surface area contributed by atoms with Gasteiger partial charge in [-0.1, -0.05) is 18.5 Å². The highest BCUT2D eigenvalue weighted by atomic mass is 35.5. The molecule has 0 saturated carbocycles. The Morgan fingerprint density at radius 2 is 2.04 bits per heavy atom. The first-order chi connectivity index (χ1) is 10.9. The molecule has 0 bridgehead atoms. The number of benzene rings is 1. The van der Waals surface area contributed by atoms with Crippen LogP contribution in [-0.4, -0.2) is 51.5 Å². The quantitative estimate of drug-likeness (QED) is 0.840. The topological polar surface area (TPSA) is 86.7 Å². The standard InChI is InChI=1S/C15H17ClN2O4S/c1-2-11(15(21)22)17-13(19)12-7-23-8-18(12)14(20)9-3-5-10(16)6-4-9/h3-6,11-12H,2,7-8H2,1H3,(H,17,19)(H,21,22). The first-order valence-corrected chi connectivity index (χ1v) is 8.64. The number of nitrogens with one attached hydrogen (secondary N) is 1. The molecule has 2 atom stereocenters. The van der Waals surface area contributed by atoms with Crippen molar-refractivity contribution in [3.8, 4) is 0 Å². The maximum atomic E-state index is 12.5. The van der Waals surface area contributed by atoms with Crippen molar-refractivity contribution in [2.75, 3.05) is 11.6 Å². The van der Waals surface area contributed by atoms with E-state index in [0.717, 1.165) is 0 Å². The SMILES string of the molecule is CCC(NC(=O)C1CSCN1C(=O)c1ccc(Cl)cc1)C(=O)O. The molecule has 0 radical (unpaired) electrons. The van der Waals surface area contributed by atoms with E-state index in [1.54, 1.807) is 31.2 Å². The largest absolute Gasteiger partial charge is 0.480 e. The van der Waals surface area contributed by atoms with Gasteiger partial charge in [-0.15, -0.1) is 11.8 Å². The number of amides is 2. The molecule has 1 aromatic rings. The molecule has 6 nitrogen and oxygen atoms in total. The van der Waals surface area contributed by atoms with E-state index in [1.165, 1.54) is 16.7 Å². The van der Waals surface area contributed by atoms with Crippen molar-refractivity contribution in [3.05, 3.63) is 34.9 Å². The molecule has 2 N–H and O–H groups in total. The normalized spacial score (nSPS) is 18.5. The lowest BCUT2D eigenvalue weighted by atomic mass is 10.1. The molecule has 0 aromatic heterocycles. The number of hydrogen-bond donors (Lipinski definition) is 2. The lowest BCUT2D eigenvalue weighted by Gasteiger charge is -2.24. The van der Waals surface area contributed by atoms with Gasteiger partial charge in [-0.2, -0.15) is 0 Å². The van der Waals surface area contributed by atoms with Crippen LogP contribution in [0.3, 0.4) is 0 Å². The van der Waals surface area contributed by atoms with Crippen LogP contribution >= 0.6 is 23.4 Å². The first-order valence-electron chi connectivity index (χ1n) is 7.11. The summed E-state index contributed by atoms with van der Waals surface area (Å²) >= 11 is 7.27. The van der Waals surface area contributed by atoms with Crippen molar-refractivity contribution in [1.29, 1.82) is 0 Å². The molecule has 1 aliphatic rings. The second-order valence-electron chi connectivity index (χ2n) is 5.11. The van der Waals surface area contributed by atoms with Gasteiger partial charge in [-0.25, -0.2) is 4.79 Å². The zero-order valence-electron chi connectivity index (χ0n) is 12.5. The van der Waals surface area contributed by atoms with Crippen LogP contribution in [-0.2, 0) is 9.59 Å². The summed E-state index contributed by atoms with van der Waals surface area (Å²) in [5, 5.41) is 12.0. The first kappa shape index (κ1) is 17.6. The molecule has 8 heteroatoms. The molecular weight excluding hydrogens is 340 g/mol. The van der Waals surface area contributed by atoms with Gasteiger partial charge in [0, 0.05) is 16.3 Å². The van der Waals surface area contributed by atoms with E-state index >= 15 is 0 Å². The van der Waals surface area contributed by atoms with Crippen molar-refractivity contribution in [1.82, 2.24) is 10.2 Å². The third-order valence-electron chi connectivity index (χ3n) is 3.56. The molecule has 1 fully saturated rings.